The molecule has 8 nitrogen and oxygen atoms in total. The zero-order valence-corrected chi connectivity index (χ0v) is 11.9. The van der Waals surface area contributed by atoms with Gasteiger partial charge in [0.05, 0.1) is 0 Å². The Balaban J connectivity index is 4.00. The summed E-state index contributed by atoms with van der Waals surface area (Å²) in [6, 6.07) is -1.60. The van der Waals surface area contributed by atoms with E-state index in [1.165, 1.54) is 6.92 Å². The van der Waals surface area contributed by atoms with Crippen molar-refractivity contribution in [1.29, 1.82) is 0 Å². The molecule has 0 aromatic rings. The summed E-state index contributed by atoms with van der Waals surface area (Å²) < 4.78 is 0. The van der Waals surface area contributed by atoms with E-state index >= 15 is 0 Å². The summed E-state index contributed by atoms with van der Waals surface area (Å²) in [5, 5.41) is 15.4. The highest BCUT2D eigenvalue weighted by Gasteiger charge is 2.17. The van der Waals surface area contributed by atoms with Gasteiger partial charge in [0.15, 0.2) is 0 Å². The normalized spacial score (nSPS) is 11.6. The largest absolute Gasteiger partial charge is 0.481 e. The monoisotopic (exact) mass is 287 g/mol. The Kier molecular flexibility index (Phi) is 7.95. The molecule has 4 amide bonds. The summed E-state index contributed by atoms with van der Waals surface area (Å²) >= 11 is 0. The molecule has 0 radical (unpaired) electrons. The Morgan fingerprint density at radius 1 is 1.00 bits per heavy atom. The van der Waals surface area contributed by atoms with Gasteiger partial charge >= 0.3 is 12.0 Å². The lowest BCUT2D eigenvalue weighted by Crippen LogP contribution is -2.50. The summed E-state index contributed by atoms with van der Waals surface area (Å²) in [4.78, 5) is 44.5. The molecule has 0 aliphatic carbocycles. The summed E-state index contributed by atoms with van der Waals surface area (Å²) in [6.45, 7) is 5.07. The van der Waals surface area contributed by atoms with Crippen molar-refractivity contribution in [2.24, 2.45) is 0 Å². The molecule has 0 aromatic heterocycles. The van der Waals surface area contributed by atoms with Crippen LogP contribution in [0.4, 0.5) is 4.79 Å². The molecule has 4 N–H and O–H groups in total. The third-order valence-corrected chi connectivity index (χ3v) is 2.22. The first-order valence-corrected chi connectivity index (χ1v) is 6.35. The molecule has 0 rings (SSSR count). The van der Waals surface area contributed by atoms with E-state index in [9.17, 15) is 19.2 Å². The highest BCUT2D eigenvalue weighted by atomic mass is 16.4. The van der Waals surface area contributed by atoms with Gasteiger partial charge in [-0.15, -0.1) is 0 Å². The summed E-state index contributed by atoms with van der Waals surface area (Å²) in [6.07, 6.45) is -0.0492. The summed E-state index contributed by atoms with van der Waals surface area (Å²) in [7, 11) is 0. The smallest absolute Gasteiger partial charge is 0.322 e. The number of carbonyl (C=O) groups excluding carboxylic acids is 3. The molecule has 0 bridgehead atoms. The Labute approximate surface area is 117 Å². The molecule has 0 heterocycles. The molecule has 114 valence electrons. The van der Waals surface area contributed by atoms with Gasteiger partial charge in [0.1, 0.15) is 6.04 Å². The molecule has 0 spiro atoms. The number of urea groups is 1. The number of amides is 4. The minimum absolute atomic E-state index is 0.0486. The van der Waals surface area contributed by atoms with Crippen molar-refractivity contribution in [3.63, 3.8) is 0 Å². The van der Waals surface area contributed by atoms with Gasteiger partial charge < -0.3 is 15.7 Å². The standard InChI is InChI=1S/C12H21N3O5/c1-7(2)13-11(19)8(3)14-12(20)15-9(16)5-4-6-10(17)18/h7-8H,4-6H2,1-3H3,(H,13,19)(H,17,18)(H2,14,15,16,20). The molecule has 0 aromatic carbocycles. The van der Waals surface area contributed by atoms with Gasteiger partial charge in [0, 0.05) is 18.9 Å². The van der Waals surface area contributed by atoms with E-state index in [0.717, 1.165) is 0 Å². The van der Waals surface area contributed by atoms with Crippen LogP contribution in [0.3, 0.4) is 0 Å². The van der Waals surface area contributed by atoms with Crippen molar-refractivity contribution in [3.8, 4) is 0 Å². The number of carboxylic acids is 1. The molecule has 8 heteroatoms. The summed E-state index contributed by atoms with van der Waals surface area (Å²) in [5.41, 5.74) is 0. The third-order valence-electron chi connectivity index (χ3n) is 2.22. The second-order valence-electron chi connectivity index (χ2n) is 4.65. The molecule has 1 atom stereocenters. The Morgan fingerprint density at radius 3 is 2.10 bits per heavy atom. The Morgan fingerprint density at radius 2 is 1.60 bits per heavy atom. The molecule has 0 saturated carbocycles. The topological polar surface area (TPSA) is 125 Å². The second kappa shape index (κ2) is 8.89. The van der Waals surface area contributed by atoms with E-state index in [1.807, 2.05) is 5.32 Å². The summed E-state index contributed by atoms with van der Waals surface area (Å²) in [5.74, 6) is -1.94. The average Bonchev–Trinajstić information content (AvgIpc) is 2.26. The van der Waals surface area contributed by atoms with Crippen molar-refractivity contribution in [2.45, 2.75) is 52.1 Å². The van der Waals surface area contributed by atoms with Crippen molar-refractivity contribution >= 4 is 23.8 Å². The number of aliphatic carboxylic acids is 1. The van der Waals surface area contributed by atoms with Crippen LogP contribution in [0.25, 0.3) is 0 Å². The first-order valence-electron chi connectivity index (χ1n) is 6.35. The fourth-order valence-corrected chi connectivity index (χ4v) is 1.30. The first-order chi connectivity index (χ1) is 9.22. The number of hydrogen-bond acceptors (Lipinski definition) is 4. The molecule has 0 aliphatic heterocycles. The lowest BCUT2D eigenvalue weighted by Gasteiger charge is -2.16. The van der Waals surface area contributed by atoms with Crippen LogP contribution in [0.5, 0.6) is 0 Å². The predicted molar refractivity (Wildman–Crippen MR) is 70.9 cm³/mol. The van der Waals surface area contributed by atoms with Gasteiger partial charge in [-0.25, -0.2) is 4.79 Å². The Bertz CT molecular complexity index is 381. The van der Waals surface area contributed by atoms with E-state index in [2.05, 4.69) is 10.6 Å². The quantitative estimate of drug-likeness (QED) is 0.524. The van der Waals surface area contributed by atoms with E-state index in [1.54, 1.807) is 13.8 Å². The van der Waals surface area contributed by atoms with Crippen molar-refractivity contribution < 1.29 is 24.3 Å². The van der Waals surface area contributed by atoms with Crippen molar-refractivity contribution in [1.82, 2.24) is 16.0 Å². The van der Waals surface area contributed by atoms with Crippen molar-refractivity contribution in [2.75, 3.05) is 0 Å². The van der Waals surface area contributed by atoms with E-state index in [4.69, 9.17) is 5.11 Å². The molecule has 0 aliphatic rings. The number of rotatable bonds is 7. The van der Waals surface area contributed by atoms with Crippen LogP contribution >= 0.6 is 0 Å². The lowest BCUT2D eigenvalue weighted by molar-refractivity contribution is -0.137. The molecular weight excluding hydrogens is 266 g/mol. The lowest BCUT2D eigenvalue weighted by atomic mass is 10.2. The van der Waals surface area contributed by atoms with Crippen molar-refractivity contribution in [3.05, 3.63) is 0 Å². The average molecular weight is 287 g/mol. The maximum absolute atomic E-state index is 11.5. The fourth-order valence-electron chi connectivity index (χ4n) is 1.30. The number of carboxylic acid groups (broad SMARTS) is 1. The second-order valence-corrected chi connectivity index (χ2v) is 4.65. The minimum atomic E-state index is -0.999. The van der Waals surface area contributed by atoms with Crippen LogP contribution in [0.2, 0.25) is 0 Å². The third kappa shape index (κ3) is 8.90. The predicted octanol–water partition coefficient (Wildman–Crippen LogP) is -0.0198. The van der Waals surface area contributed by atoms with Gasteiger partial charge in [-0.3, -0.25) is 19.7 Å². The maximum atomic E-state index is 11.5. The maximum Gasteiger partial charge on any atom is 0.322 e. The van der Waals surface area contributed by atoms with Crippen LogP contribution in [0.15, 0.2) is 0 Å². The molecule has 1 unspecified atom stereocenters. The Hall–Kier alpha value is -2.12. The molecule has 0 fully saturated rings. The van der Waals surface area contributed by atoms with Gasteiger partial charge in [-0.1, -0.05) is 0 Å². The highest BCUT2D eigenvalue weighted by Crippen LogP contribution is 1.95. The van der Waals surface area contributed by atoms with E-state index in [-0.39, 0.29) is 31.2 Å². The number of imide groups is 1. The van der Waals surface area contributed by atoms with Crippen LogP contribution < -0.4 is 16.0 Å². The highest BCUT2D eigenvalue weighted by molar-refractivity contribution is 5.96. The molecular formula is C12H21N3O5. The SMILES string of the molecule is CC(C)NC(=O)C(C)NC(=O)NC(=O)CCCC(=O)O. The van der Waals surface area contributed by atoms with Crippen LogP contribution in [0, 0.1) is 0 Å². The molecule has 20 heavy (non-hydrogen) atoms. The van der Waals surface area contributed by atoms with Crippen LogP contribution in [-0.4, -0.2) is 41.0 Å². The van der Waals surface area contributed by atoms with E-state index < -0.39 is 23.9 Å². The first kappa shape index (κ1) is 17.9. The fraction of sp³-hybridized carbons (Fsp3) is 0.667. The van der Waals surface area contributed by atoms with Crippen LogP contribution in [-0.2, 0) is 14.4 Å². The van der Waals surface area contributed by atoms with Gasteiger partial charge in [-0.05, 0) is 27.2 Å². The number of hydrogen-bond donors (Lipinski definition) is 4. The zero-order valence-electron chi connectivity index (χ0n) is 11.9. The zero-order chi connectivity index (χ0) is 15.7. The van der Waals surface area contributed by atoms with Gasteiger partial charge in [0.2, 0.25) is 11.8 Å². The van der Waals surface area contributed by atoms with E-state index in [0.29, 0.717) is 0 Å². The van der Waals surface area contributed by atoms with Gasteiger partial charge in [-0.2, -0.15) is 0 Å². The molecule has 0 saturated heterocycles. The minimum Gasteiger partial charge on any atom is -0.481 e. The van der Waals surface area contributed by atoms with Crippen LogP contribution in [0.1, 0.15) is 40.0 Å². The van der Waals surface area contributed by atoms with Gasteiger partial charge in [0.25, 0.3) is 0 Å². The number of nitrogens with one attached hydrogen (secondary N) is 3. The number of carbonyl (C=O) groups is 4.